The van der Waals surface area contributed by atoms with Crippen LogP contribution in [0.4, 0.5) is 0 Å². The summed E-state index contributed by atoms with van der Waals surface area (Å²) < 4.78 is 0. The number of rotatable bonds is 4. The van der Waals surface area contributed by atoms with Crippen molar-refractivity contribution < 1.29 is 14.4 Å². The number of benzene rings is 2. The van der Waals surface area contributed by atoms with Gasteiger partial charge in [-0.05, 0) is 55.4 Å². The molecule has 28 heavy (non-hydrogen) atoms. The minimum atomic E-state index is -0.367. The predicted molar refractivity (Wildman–Crippen MR) is 104 cm³/mol. The smallest absolute Gasteiger partial charge is 0.262 e. The second-order valence-corrected chi connectivity index (χ2v) is 7.88. The molecule has 5 heteroatoms. The Morgan fingerprint density at radius 1 is 0.929 bits per heavy atom. The molecule has 2 aromatic carbocycles. The van der Waals surface area contributed by atoms with Crippen molar-refractivity contribution in [1.82, 2.24) is 9.80 Å². The van der Waals surface area contributed by atoms with Crippen LogP contribution >= 0.6 is 0 Å². The van der Waals surface area contributed by atoms with Crippen molar-refractivity contribution in [3.05, 3.63) is 70.8 Å². The second kappa shape index (κ2) is 6.59. The van der Waals surface area contributed by atoms with Gasteiger partial charge in [0.05, 0.1) is 17.2 Å². The molecule has 3 amide bonds. The molecule has 1 atom stereocenters. The normalized spacial score (nSPS) is 20.7. The lowest BCUT2D eigenvalue weighted by molar-refractivity contribution is -0.135. The lowest BCUT2D eigenvalue weighted by Gasteiger charge is -2.37. The minimum absolute atomic E-state index is 0.0418. The van der Waals surface area contributed by atoms with Crippen LogP contribution in [-0.4, -0.2) is 40.1 Å². The molecule has 5 nitrogen and oxygen atoms in total. The Labute approximate surface area is 163 Å². The third-order valence-electron chi connectivity index (χ3n) is 6.07. The number of carbonyl (C=O) groups is 3. The summed E-state index contributed by atoms with van der Waals surface area (Å²) in [5.41, 5.74) is 3.30. The van der Waals surface area contributed by atoms with Gasteiger partial charge in [-0.2, -0.15) is 0 Å². The molecule has 142 valence electrons. The molecular weight excluding hydrogens is 352 g/mol. The number of carbonyl (C=O) groups excluding carboxylic acids is 3. The molecule has 5 rings (SSSR count). The summed E-state index contributed by atoms with van der Waals surface area (Å²) in [6, 6.07) is 15.4. The van der Waals surface area contributed by atoms with Crippen molar-refractivity contribution in [2.45, 2.75) is 44.2 Å². The Kier molecular flexibility index (Phi) is 4.04. The summed E-state index contributed by atoms with van der Waals surface area (Å²) in [6.45, 7) is -0.179. The first-order valence-electron chi connectivity index (χ1n) is 9.99. The average Bonchev–Trinajstić information content (AvgIpc) is 3.53. The highest BCUT2D eigenvalue weighted by molar-refractivity contribution is 6.22. The van der Waals surface area contributed by atoms with E-state index < -0.39 is 0 Å². The molecule has 1 aliphatic heterocycles. The lowest BCUT2D eigenvalue weighted by Crippen LogP contribution is -2.45. The Bertz CT molecular complexity index is 944. The molecule has 0 spiro atoms. The maximum atomic E-state index is 13.3. The molecule has 0 radical (unpaired) electrons. The van der Waals surface area contributed by atoms with Crippen LogP contribution in [0.2, 0.25) is 0 Å². The molecule has 1 heterocycles. The van der Waals surface area contributed by atoms with Crippen LogP contribution in [-0.2, 0) is 11.2 Å². The van der Waals surface area contributed by atoms with Gasteiger partial charge in [0.15, 0.2) is 0 Å². The van der Waals surface area contributed by atoms with Crippen LogP contribution in [0.3, 0.4) is 0 Å². The molecule has 0 bridgehead atoms. The monoisotopic (exact) mass is 374 g/mol. The molecule has 3 aliphatic rings. The summed E-state index contributed by atoms with van der Waals surface area (Å²) in [6.07, 6.45) is 5.00. The van der Waals surface area contributed by atoms with E-state index in [1.807, 2.05) is 17.0 Å². The van der Waals surface area contributed by atoms with E-state index in [9.17, 15) is 14.4 Å². The van der Waals surface area contributed by atoms with Gasteiger partial charge < -0.3 is 4.90 Å². The van der Waals surface area contributed by atoms with E-state index in [1.54, 1.807) is 24.3 Å². The highest BCUT2D eigenvalue weighted by Crippen LogP contribution is 2.41. The van der Waals surface area contributed by atoms with Gasteiger partial charge >= 0.3 is 0 Å². The van der Waals surface area contributed by atoms with Gasteiger partial charge in [-0.15, -0.1) is 0 Å². The van der Waals surface area contributed by atoms with Gasteiger partial charge in [0.25, 0.3) is 11.8 Å². The zero-order chi connectivity index (χ0) is 19.3. The van der Waals surface area contributed by atoms with Crippen molar-refractivity contribution >= 4 is 17.7 Å². The maximum Gasteiger partial charge on any atom is 0.262 e. The lowest BCUT2D eigenvalue weighted by atomic mass is 9.86. The topological polar surface area (TPSA) is 57.7 Å². The van der Waals surface area contributed by atoms with Gasteiger partial charge in [0, 0.05) is 6.04 Å². The number of hydrogen-bond donors (Lipinski definition) is 0. The zero-order valence-corrected chi connectivity index (χ0v) is 15.6. The van der Waals surface area contributed by atoms with E-state index >= 15 is 0 Å². The third-order valence-corrected chi connectivity index (χ3v) is 6.07. The quantitative estimate of drug-likeness (QED) is 0.771. The molecule has 0 saturated heterocycles. The van der Waals surface area contributed by atoms with E-state index in [4.69, 9.17) is 0 Å². The van der Waals surface area contributed by atoms with E-state index in [2.05, 4.69) is 12.1 Å². The fraction of sp³-hybridized carbons (Fsp3) is 0.348. The SMILES string of the molecule is O=C1c2ccccc2C(=O)N1CC(=O)N(C1CC1)C1CCCc2ccccc21. The second-order valence-electron chi connectivity index (χ2n) is 7.88. The average molecular weight is 374 g/mol. The van der Waals surface area contributed by atoms with Crippen LogP contribution < -0.4 is 0 Å². The number of aryl methyl sites for hydroxylation is 1. The van der Waals surface area contributed by atoms with E-state index in [-0.39, 0.29) is 36.3 Å². The molecular formula is C23H22N2O3. The number of nitrogens with zero attached hydrogens (tertiary/aromatic N) is 2. The van der Waals surface area contributed by atoms with Crippen molar-refractivity contribution in [2.24, 2.45) is 0 Å². The highest BCUT2D eigenvalue weighted by Gasteiger charge is 2.42. The largest absolute Gasteiger partial charge is 0.331 e. The van der Waals surface area contributed by atoms with Gasteiger partial charge in [-0.1, -0.05) is 36.4 Å². The summed E-state index contributed by atoms with van der Waals surface area (Å²) in [4.78, 5) is 41.7. The molecule has 0 aromatic heterocycles. The summed E-state index contributed by atoms with van der Waals surface area (Å²) in [7, 11) is 0. The Balaban J connectivity index is 1.41. The first-order valence-corrected chi connectivity index (χ1v) is 9.99. The first-order chi connectivity index (χ1) is 13.6. The van der Waals surface area contributed by atoms with Crippen LogP contribution in [0.15, 0.2) is 48.5 Å². The fourth-order valence-electron chi connectivity index (χ4n) is 4.60. The van der Waals surface area contributed by atoms with Crippen LogP contribution in [0.25, 0.3) is 0 Å². The van der Waals surface area contributed by atoms with Gasteiger partial charge in [0.2, 0.25) is 5.91 Å². The number of fused-ring (bicyclic) bond motifs is 2. The van der Waals surface area contributed by atoms with Crippen LogP contribution in [0, 0.1) is 0 Å². The van der Waals surface area contributed by atoms with Crippen molar-refractivity contribution in [2.75, 3.05) is 6.54 Å². The zero-order valence-electron chi connectivity index (χ0n) is 15.6. The minimum Gasteiger partial charge on any atom is -0.331 e. The van der Waals surface area contributed by atoms with Crippen molar-refractivity contribution in [3.63, 3.8) is 0 Å². The molecule has 2 aromatic rings. The van der Waals surface area contributed by atoms with Crippen molar-refractivity contribution in [3.8, 4) is 0 Å². The van der Waals surface area contributed by atoms with Gasteiger partial charge in [-0.25, -0.2) is 0 Å². The number of hydrogen-bond acceptors (Lipinski definition) is 3. The van der Waals surface area contributed by atoms with E-state index in [0.717, 1.165) is 37.0 Å². The summed E-state index contributed by atoms with van der Waals surface area (Å²) in [5, 5.41) is 0. The maximum absolute atomic E-state index is 13.3. The molecule has 1 unspecified atom stereocenters. The summed E-state index contributed by atoms with van der Waals surface area (Å²) >= 11 is 0. The standard InChI is InChI=1S/C23H22N2O3/c26-21(14-24-22(27)18-9-3-4-10-19(18)23(24)28)25(16-12-13-16)20-11-5-7-15-6-1-2-8-17(15)20/h1-4,6,8-10,16,20H,5,7,11-14H2. The Hall–Kier alpha value is -2.95. The number of amides is 3. The highest BCUT2D eigenvalue weighted by atomic mass is 16.2. The van der Waals surface area contributed by atoms with E-state index in [0.29, 0.717) is 11.1 Å². The molecule has 0 N–H and O–H groups in total. The van der Waals surface area contributed by atoms with Crippen molar-refractivity contribution in [1.29, 1.82) is 0 Å². The van der Waals surface area contributed by atoms with Gasteiger partial charge in [-0.3, -0.25) is 19.3 Å². The van der Waals surface area contributed by atoms with E-state index in [1.165, 1.54) is 11.1 Å². The summed E-state index contributed by atoms with van der Waals surface area (Å²) in [5.74, 6) is -0.860. The third kappa shape index (κ3) is 2.73. The Morgan fingerprint density at radius 2 is 1.57 bits per heavy atom. The molecule has 2 aliphatic carbocycles. The number of imide groups is 1. The first kappa shape index (κ1) is 17.2. The van der Waals surface area contributed by atoms with Crippen LogP contribution in [0.1, 0.15) is 63.6 Å². The predicted octanol–water partition coefficient (Wildman–Crippen LogP) is 3.35. The molecule has 1 saturated carbocycles. The molecule has 1 fully saturated rings. The Morgan fingerprint density at radius 3 is 2.25 bits per heavy atom. The van der Waals surface area contributed by atoms with Crippen LogP contribution in [0.5, 0.6) is 0 Å². The van der Waals surface area contributed by atoms with Gasteiger partial charge in [0.1, 0.15) is 6.54 Å². The fourth-order valence-corrected chi connectivity index (χ4v) is 4.60.